The molecule has 0 aromatic heterocycles. The Morgan fingerprint density at radius 3 is 1.63 bits per heavy atom. The van der Waals surface area contributed by atoms with E-state index in [1.807, 2.05) is 91.0 Å². The third kappa shape index (κ3) is 9.57. The zero-order valence-electron chi connectivity index (χ0n) is 23.7. The van der Waals surface area contributed by atoms with E-state index in [-0.39, 0.29) is 32.6 Å². The van der Waals surface area contributed by atoms with E-state index in [1.54, 1.807) is 13.8 Å². The Bertz CT molecular complexity index is 1170. The van der Waals surface area contributed by atoms with Crippen LogP contribution in [0.3, 0.4) is 0 Å². The molecule has 1 saturated heterocycles. The predicted octanol–water partition coefficient (Wildman–Crippen LogP) is 5.77. The van der Waals surface area contributed by atoms with Crippen LogP contribution in [0.15, 0.2) is 91.0 Å². The minimum Gasteiger partial charge on any atom is -0.388 e. The third-order valence-corrected chi connectivity index (χ3v) is 8.89. The van der Waals surface area contributed by atoms with Gasteiger partial charge in [-0.2, -0.15) is 0 Å². The van der Waals surface area contributed by atoms with Gasteiger partial charge in [-0.1, -0.05) is 91.0 Å². The first-order chi connectivity index (χ1) is 20.0. The maximum absolute atomic E-state index is 13.5. The van der Waals surface area contributed by atoms with E-state index in [1.165, 1.54) is 0 Å². The summed E-state index contributed by atoms with van der Waals surface area (Å²) in [5, 5.41) is 11.6. The topological polar surface area (TPSA) is 92.7 Å². The molecule has 0 radical (unpaired) electrons. The number of aliphatic hydroxyl groups is 1. The fourth-order valence-corrected chi connectivity index (χ4v) is 6.65. The molecule has 41 heavy (non-hydrogen) atoms. The van der Waals surface area contributed by atoms with Crippen molar-refractivity contribution in [3.05, 3.63) is 108 Å². The zero-order chi connectivity index (χ0) is 28.9. The maximum Gasteiger partial charge on any atom is 0.333 e. The molecule has 3 aromatic carbocycles. The average molecular weight is 585 g/mol. The smallest absolute Gasteiger partial charge is 0.333 e. The van der Waals surface area contributed by atoms with Crippen molar-refractivity contribution in [3.63, 3.8) is 0 Å². The van der Waals surface area contributed by atoms with Crippen molar-refractivity contribution < 1.29 is 37.7 Å². The summed E-state index contributed by atoms with van der Waals surface area (Å²) >= 11 is 0. The first-order valence-corrected chi connectivity index (χ1v) is 15.9. The molecule has 1 N–H and O–H groups in total. The van der Waals surface area contributed by atoms with E-state index in [4.69, 9.17) is 28.0 Å². The third-order valence-electron chi connectivity index (χ3n) is 6.78. The summed E-state index contributed by atoms with van der Waals surface area (Å²) in [6.07, 6.45) is -4.24. The van der Waals surface area contributed by atoms with E-state index in [0.29, 0.717) is 13.2 Å². The zero-order valence-corrected chi connectivity index (χ0v) is 24.6. The molecule has 1 aliphatic heterocycles. The van der Waals surface area contributed by atoms with Crippen LogP contribution < -0.4 is 0 Å². The number of hydrogen-bond acceptors (Lipinski definition) is 8. The summed E-state index contributed by atoms with van der Waals surface area (Å²) in [4.78, 5) is 0. The Labute approximate surface area is 243 Å². The van der Waals surface area contributed by atoms with Crippen molar-refractivity contribution in [2.24, 2.45) is 0 Å². The molecule has 4 rings (SSSR count). The van der Waals surface area contributed by atoms with Gasteiger partial charge in [0.25, 0.3) is 0 Å². The van der Waals surface area contributed by atoms with E-state index in [0.717, 1.165) is 16.7 Å². The van der Waals surface area contributed by atoms with Crippen molar-refractivity contribution in [1.29, 1.82) is 0 Å². The highest BCUT2D eigenvalue weighted by Gasteiger charge is 2.49. The summed E-state index contributed by atoms with van der Waals surface area (Å²) in [6.45, 7) is 5.03. The van der Waals surface area contributed by atoms with Gasteiger partial charge >= 0.3 is 7.60 Å². The number of aliphatic hydroxyl groups excluding tert-OH is 1. The summed E-state index contributed by atoms with van der Waals surface area (Å²) in [5.74, 6) is 0. The molecule has 0 aliphatic carbocycles. The fraction of sp³-hybridized carbons (Fsp3) is 0.438. The van der Waals surface area contributed by atoms with Gasteiger partial charge in [-0.05, 0) is 30.5 Å². The van der Waals surface area contributed by atoms with Crippen molar-refractivity contribution in [2.75, 3.05) is 26.0 Å². The lowest BCUT2D eigenvalue weighted by atomic mass is 9.95. The summed E-state index contributed by atoms with van der Waals surface area (Å²) in [7, 11) is -3.53. The molecule has 2 unspecified atom stereocenters. The second-order valence-corrected chi connectivity index (χ2v) is 12.0. The monoisotopic (exact) mass is 584 g/mol. The quantitative estimate of drug-likeness (QED) is 0.212. The molecule has 8 nitrogen and oxygen atoms in total. The molecule has 5 atom stereocenters. The molecule has 0 saturated carbocycles. The van der Waals surface area contributed by atoms with Crippen molar-refractivity contribution in [2.45, 2.75) is 64.2 Å². The molecule has 0 spiro atoms. The van der Waals surface area contributed by atoms with E-state index in [9.17, 15) is 9.67 Å². The van der Waals surface area contributed by atoms with Crippen LogP contribution in [0.1, 0.15) is 30.5 Å². The van der Waals surface area contributed by atoms with Crippen LogP contribution in [0, 0.1) is 0 Å². The van der Waals surface area contributed by atoms with Crippen molar-refractivity contribution in [1.82, 2.24) is 0 Å². The minimum absolute atomic E-state index is 0.123. The first kappa shape index (κ1) is 31.5. The normalized spacial score (nSPS) is 23.0. The van der Waals surface area contributed by atoms with Crippen LogP contribution in [0.5, 0.6) is 0 Å². The standard InChI is InChI=1S/C32H41O8P/c1-3-38-41(34,39-4-2)24-29-30(33)32(37-22-27-18-12-7-13-19-27)31(36-21-26-16-10-6-11-17-26)28(40-29)23-35-20-25-14-8-5-9-15-25/h5-19,28-33H,3-4,20-24H2,1-2H3/t28?,29-,30?,31-,32+/m0/s1. The van der Waals surface area contributed by atoms with Gasteiger partial charge in [0.05, 0.1) is 51.9 Å². The van der Waals surface area contributed by atoms with E-state index < -0.39 is 38.1 Å². The average Bonchev–Trinajstić information content (AvgIpc) is 2.99. The Morgan fingerprint density at radius 2 is 1.15 bits per heavy atom. The molecular formula is C32H41O8P. The van der Waals surface area contributed by atoms with Crippen LogP contribution in [0.2, 0.25) is 0 Å². The van der Waals surface area contributed by atoms with Crippen LogP contribution >= 0.6 is 7.60 Å². The van der Waals surface area contributed by atoms with Crippen LogP contribution in [-0.4, -0.2) is 61.6 Å². The maximum atomic E-state index is 13.5. The molecule has 1 heterocycles. The van der Waals surface area contributed by atoms with Gasteiger partial charge in [-0.3, -0.25) is 4.57 Å². The number of ether oxygens (including phenoxy) is 4. The minimum atomic E-state index is -3.53. The molecular weight excluding hydrogens is 543 g/mol. The lowest BCUT2D eigenvalue weighted by Crippen LogP contribution is -2.61. The van der Waals surface area contributed by atoms with E-state index in [2.05, 4.69) is 0 Å². The molecule has 0 amide bonds. The van der Waals surface area contributed by atoms with Gasteiger partial charge in [0.1, 0.15) is 24.4 Å². The van der Waals surface area contributed by atoms with Gasteiger partial charge in [-0.15, -0.1) is 0 Å². The Balaban J connectivity index is 1.58. The molecule has 1 aliphatic rings. The summed E-state index contributed by atoms with van der Waals surface area (Å²) in [6, 6.07) is 29.4. The Hall–Kier alpha value is -2.39. The van der Waals surface area contributed by atoms with Crippen LogP contribution in [-0.2, 0) is 52.4 Å². The van der Waals surface area contributed by atoms with Gasteiger partial charge < -0.3 is 33.1 Å². The Morgan fingerprint density at radius 1 is 0.683 bits per heavy atom. The second-order valence-electron chi connectivity index (χ2n) is 9.86. The van der Waals surface area contributed by atoms with Crippen LogP contribution in [0.25, 0.3) is 0 Å². The second kappa shape index (κ2) is 16.3. The highest BCUT2D eigenvalue weighted by molar-refractivity contribution is 7.53. The SMILES string of the molecule is CCOP(=O)(C[C@@H]1OC(COCc2ccccc2)[C@H](OCc2ccccc2)[C@H](OCc2ccccc2)C1O)OCC. The summed E-state index contributed by atoms with van der Waals surface area (Å²) in [5.41, 5.74) is 2.96. The van der Waals surface area contributed by atoms with E-state index >= 15 is 0 Å². The number of hydrogen-bond donors (Lipinski definition) is 1. The van der Waals surface area contributed by atoms with Gasteiger partial charge in [-0.25, -0.2) is 0 Å². The molecule has 222 valence electrons. The molecule has 0 bridgehead atoms. The predicted molar refractivity (Wildman–Crippen MR) is 157 cm³/mol. The largest absolute Gasteiger partial charge is 0.388 e. The van der Waals surface area contributed by atoms with Crippen LogP contribution in [0.4, 0.5) is 0 Å². The van der Waals surface area contributed by atoms with Gasteiger partial charge in [0, 0.05) is 0 Å². The molecule has 1 fully saturated rings. The molecule has 3 aromatic rings. The lowest BCUT2D eigenvalue weighted by molar-refractivity contribution is -0.257. The van der Waals surface area contributed by atoms with Gasteiger partial charge in [0.2, 0.25) is 0 Å². The lowest BCUT2D eigenvalue weighted by Gasteiger charge is -2.45. The Kier molecular flexibility index (Phi) is 12.5. The number of benzene rings is 3. The highest BCUT2D eigenvalue weighted by Crippen LogP contribution is 2.50. The highest BCUT2D eigenvalue weighted by atomic mass is 31.2. The summed E-state index contributed by atoms with van der Waals surface area (Å²) < 4.78 is 49.8. The first-order valence-electron chi connectivity index (χ1n) is 14.2. The van der Waals surface area contributed by atoms with Gasteiger partial charge in [0.15, 0.2) is 0 Å². The van der Waals surface area contributed by atoms with Crippen molar-refractivity contribution in [3.8, 4) is 0 Å². The number of rotatable bonds is 16. The fourth-order valence-electron chi connectivity index (χ4n) is 4.84. The van der Waals surface area contributed by atoms with Crippen molar-refractivity contribution >= 4 is 7.60 Å². The molecule has 9 heteroatoms.